The third-order valence-corrected chi connectivity index (χ3v) is 3.26. The second-order valence-electron chi connectivity index (χ2n) is 6.15. The van der Waals surface area contributed by atoms with E-state index in [1.54, 1.807) is 12.1 Å². The summed E-state index contributed by atoms with van der Waals surface area (Å²) in [6.45, 7) is 5.40. The fourth-order valence-electron chi connectivity index (χ4n) is 2.23. The van der Waals surface area contributed by atoms with Crippen LogP contribution in [0.2, 0.25) is 0 Å². The van der Waals surface area contributed by atoms with Crippen LogP contribution in [0.15, 0.2) is 35.0 Å². The number of aliphatic imine (C=N–C) groups is 1. The van der Waals surface area contributed by atoms with Crippen LogP contribution in [-0.2, 0) is 4.79 Å². The molecule has 0 heterocycles. The van der Waals surface area contributed by atoms with E-state index in [0.717, 1.165) is 0 Å². The molecule has 0 bridgehead atoms. The van der Waals surface area contributed by atoms with Crippen LogP contribution < -0.4 is 22.5 Å². The average molecular weight is 347 g/mol. The zero-order chi connectivity index (χ0) is 19.1. The summed E-state index contributed by atoms with van der Waals surface area (Å²) >= 11 is 0. The van der Waals surface area contributed by atoms with Crippen molar-refractivity contribution in [2.24, 2.45) is 28.1 Å². The first-order valence-corrected chi connectivity index (χ1v) is 7.81. The molecule has 0 aliphatic heterocycles. The molecule has 8 N–H and O–H groups in total. The van der Waals surface area contributed by atoms with Crippen molar-refractivity contribution in [1.82, 2.24) is 0 Å². The second kappa shape index (κ2) is 8.72. The predicted octanol–water partition coefficient (Wildman–Crippen LogP) is 1.55. The minimum absolute atomic E-state index is 0.00767. The van der Waals surface area contributed by atoms with Crippen LogP contribution in [0.1, 0.15) is 37.6 Å². The second-order valence-corrected chi connectivity index (χ2v) is 6.15. The first kappa shape index (κ1) is 20.0. The Balaban J connectivity index is 3.24. The van der Waals surface area contributed by atoms with E-state index in [1.807, 2.05) is 13.8 Å². The van der Waals surface area contributed by atoms with Crippen molar-refractivity contribution in [2.45, 2.75) is 33.2 Å². The number of nitrogens with one attached hydrogen (secondary N) is 1. The van der Waals surface area contributed by atoms with E-state index in [0.29, 0.717) is 12.1 Å². The number of amidine groups is 1. The molecule has 0 saturated heterocycles. The highest BCUT2D eigenvalue weighted by molar-refractivity contribution is 6.01. The third kappa shape index (κ3) is 6.54. The maximum atomic E-state index is 11.6. The summed E-state index contributed by atoms with van der Waals surface area (Å²) in [4.78, 5) is 27.3. The topological polar surface area (TPSA) is 157 Å². The smallest absolute Gasteiger partial charge is 0.250 e. The van der Waals surface area contributed by atoms with Gasteiger partial charge in [-0.1, -0.05) is 13.8 Å². The van der Waals surface area contributed by atoms with Gasteiger partial charge in [0.15, 0.2) is 0 Å². The lowest BCUT2D eigenvalue weighted by molar-refractivity contribution is -0.119. The number of benzene rings is 1. The molecular formula is C17H25N5O3. The fourth-order valence-corrected chi connectivity index (χ4v) is 2.23. The number of aliphatic hydroxyl groups is 1. The zero-order valence-electron chi connectivity index (χ0n) is 14.6. The fraction of sp³-hybridized carbons (Fsp3) is 0.353. The Labute approximate surface area is 146 Å². The molecular weight excluding hydrogens is 322 g/mol. The quantitative estimate of drug-likeness (QED) is 0.274. The summed E-state index contributed by atoms with van der Waals surface area (Å²) in [5.41, 5.74) is 17.4. The van der Waals surface area contributed by atoms with E-state index in [2.05, 4.69) is 10.3 Å². The maximum absolute atomic E-state index is 11.6. The van der Waals surface area contributed by atoms with Crippen LogP contribution in [0.25, 0.3) is 0 Å². The lowest BCUT2D eigenvalue weighted by Crippen LogP contribution is -2.36. The number of carbonyl (C=O) groups is 2. The Kier molecular flexibility index (Phi) is 6.98. The Hall–Kier alpha value is -3.03. The average Bonchev–Trinajstić information content (AvgIpc) is 2.44. The molecule has 0 spiro atoms. The number of nitrogens with two attached hydrogens (primary N) is 3. The SMILES string of the molecule is C/C(O)=C/C(N)=Nc1cc(N[C@H](CC(C)C)C(N)=O)ccc1C(N)=O. The van der Waals surface area contributed by atoms with Crippen LogP contribution in [0.4, 0.5) is 11.4 Å². The molecule has 8 heteroatoms. The van der Waals surface area contributed by atoms with Gasteiger partial charge in [0, 0.05) is 11.8 Å². The van der Waals surface area contributed by atoms with Crippen LogP contribution in [0.3, 0.4) is 0 Å². The van der Waals surface area contributed by atoms with E-state index in [1.165, 1.54) is 19.1 Å². The number of primary amides is 2. The van der Waals surface area contributed by atoms with E-state index < -0.39 is 17.9 Å². The molecule has 1 rings (SSSR count). The minimum atomic E-state index is -0.670. The minimum Gasteiger partial charge on any atom is -0.512 e. The number of carbonyl (C=O) groups excluding carboxylic acids is 2. The zero-order valence-corrected chi connectivity index (χ0v) is 14.6. The Morgan fingerprint density at radius 3 is 2.40 bits per heavy atom. The summed E-state index contributed by atoms with van der Waals surface area (Å²) in [6.07, 6.45) is 1.80. The number of hydrogen-bond acceptors (Lipinski definition) is 5. The van der Waals surface area contributed by atoms with Crippen LogP contribution in [0, 0.1) is 5.92 Å². The van der Waals surface area contributed by atoms with Crippen LogP contribution in [-0.4, -0.2) is 28.8 Å². The van der Waals surface area contributed by atoms with Gasteiger partial charge in [-0.15, -0.1) is 0 Å². The molecule has 25 heavy (non-hydrogen) atoms. The number of rotatable bonds is 8. The largest absolute Gasteiger partial charge is 0.512 e. The van der Waals surface area contributed by atoms with Crippen molar-refractivity contribution < 1.29 is 14.7 Å². The maximum Gasteiger partial charge on any atom is 0.250 e. The van der Waals surface area contributed by atoms with E-state index in [-0.39, 0.29) is 28.8 Å². The number of allylic oxidation sites excluding steroid dienone is 1. The molecule has 1 atom stereocenters. The molecule has 0 unspecified atom stereocenters. The van der Waals surface area contributed by atoms with Gasteiger partial charge in [-0.3, -0.25) is 9.59 Å². The molecule has 0 aromatic heterocycles. The van der Waals surface area contributed by atoms with Crippen molar-refractivity contribution >= 4 is 29.0 Å². The van der Waals surface area contributed by atoms with Crippen molar-refractivity contribution in [1.29, 1.82) is 0 Å². The van der Waals surface area contributed by atoms with Crippen molar-refractivity contribution in [2.75, 3.05) is 5.32 Å². The molecule has 2 amide bonds. The highest BCUT2D eigenvalue weighted by atomic mass is 16.3. The first-order valence-electron chi connectivity index (χ1n) is 7.81. The summed E-state index contributed by atoms with van der Waals surface area (Å²) < 4.78 is 0. The van der Waals surface area contributed by atoms with Gasteiger partial charge in [-0.05, 0) is 37.5 Å². The first-order chi connectivity index (χ1) is 11.6. The lowest BCUT2D eigenvalue weighted by atomic mass is 10.0. The van der Waals surface area contributed by atoms with Crippen LogP contribution >= 0.6 is 0 Å². The van der Waals surface area contributed by atoms with Crippen molar-refractivity contribution in [3.8, 4) is 0 Å². The highest BCUT2D eigenvalue weighted by Gasteiger charge is 2.18. The standard InChI is InChI=1S/C17H25N5O3/c1-9(2)6-14(17(20)25)21-11-4-5-12(16(19)24)13(8-11)22-15(18)7-10(3)23/h4-5,7-9,14,21,23H,6H2,1-3H3,(H2,18,22)(H2,19,24)(H2,20,25)/b10-7-/t14-/m1/s1. The highest BCUT2D eigenvalue weighted by Crippen LogP contribution is 2.25. The van der Waals surface area contributed by atoms with Crippen molar-refractivity contribution in [3.63, 3.8) is 0 Å². The molecule has 0 radical (unpaired) electrons. The third-order valence-electron chi connectivity index (χ3n) is 3.26. The number of hydrogen-bond donors (Lipinski definition) is 5. The molecule has 136 valence electrons. The van der Waals surface area contributed by atoms with Gasteiger partial charge in [-0.25, -0.2) is 4.99 Å². The van der Waals surface area contributed by atoms with Gasteiger partial charge in [-0.2, -0.15) is 0 Å². The van der Waals surface area contributed by atoms with E-state index in [9.17, 15) is 14.7 Å². The van der Waals surface area contributed by atoms with Gasteiger partial charge in [0.2, 0.25) is 5.91 Å². The number of amides is 2. The Bertz CT molecular complexity index is 706. The van der Waals surface area contributed by atoms with Crippen LogP contribution in [0.5, 0.6) is 0 Å². The summed E-state index contributed by atoms with van der Waals surface area (Å²) in [6, 6.07) is 4.08. The van der Waals surface area contributed by atoms with Gasteiger partial charge >= 0.3 is 0 Å². The number of anilines is 1. The number of nitrogens with zero attached hydrogens (tertiary/aromatic N) is 1. The molecule has 0 aliphatic rings. The molecule has 0 saturated carbocycles. The van der Waals surface area contributed by atoms with Gasteiger partial charge in [0.05, 0.1) is 17.0 Å². The van der Waals surface area contributed by atoms with Gasteiger partial charge in [0.1, 0.15) is 11.9 Å². The van der Waals surface area contributed by atoms with Gasteiger partial charge in [0.25, 0.3) is 5.91 Å². The molecule has 0 aliphatic carbocycles. The lowest BCUT2D eigenvalue weighted by Gasteiger charge is -2.19. The Morgan fingerprint density at radius 1 is 1.28 bits per heavy atom. The monoisotopic (exact) mass is 347 g/mol. The number of aliphatic hydroxyl groups excluding tert-OH is 1. The van der Waals surface area contributed by atoms with E-state index in [4.69, 9.17) is 17.2 Å². The summed E-state index contributed by atoms with van der Waals surface area (Å²) in [7, 11) is 0. The Morgan fingerprint density at radius 2 is 1.92 bits per heavy atom. The summed E-state index contributed by atoms with van der Waals surface area (Å²) in [5, 5.41) is 12.3. The molecule has 8 nitrogen and oxygen atoms in total. The molecule has 0 fully saturated rings. The van der Waals surface area contributed by atoms with E-state index >= 15 is 0 Å². The van der Waals surface area contributed by atoms with Gasteiger partial charge < -0.3 is 27.6 Å². The normalized spacial score (nSPS) is 13.6. The molecule has 1 aromatic rings. The predicted molar refractivity (Wildman–Crippen MR) is 98.7 cm³/mol. The van der Waals surface area contributed by atoms with Crippen molar-refractivity contribution in [3.05, 3.63) is 35.6 Å². The molecule has 1 aromatic carbocycles. The summed E-state index contributed by atoms with van der Waals surface area (Å²) in [5.74, 6) is -0.900.